The lowest BCUT2D eigenvalue weighted by molar-refractivity contribution is 0.234. The van der Waals surface area contributed by atoms with E-state index >= 15 is 0 Å². The highest BCUT2D eigenvalue weighted by Crippen LogP contribution is 2.14. The molecule has 0 aromatic heterocycles. The van der Waals surface area contributed by atoms with Crippen LogP contribution in [-0.4, -0.2) is 50.2 Å². The van der Waals surface area contributed by atoms with E-state index in [4.69, 9.17) is 0 Å². The minimum absolute atomic E-state index is 0.0315. The highest BCUT2D eigenvalue weighted by atomic mass is 19.1. The second-order valence-corrected chi connectivity index (χ2v) is 4.95. The van der Waals surface area contributed by atoms with E-state index in [2.05, 4.69) is 20.9 Å². The number of halogens is 2. The summed E-state index contributed by atoms with van der Waals surface area (Å²) in [7, 11) is 0. The zero-order valence-electron chi connectivity index (χ0n) is 11.8. The first-order valence-corrected chi connectivity index (χ1v) is 7.08. The highest BCUT2D eigenvalue weighted by molar-refractivity contribution is 5.89. The number of benzene rings is 1. The molecule has 1 aromatic carbocycles. The molecule has 0 spiro atoms. The van der Waals surface area contributed by atoms with Crippen LogP contribution in [0.15, 0.2) is 18.2 Å². The van der Waals surface area contributed by atoms with Crippen LogP contribution in [0.3, 0.4) is 0 Å². The Morgan fingerprint density at radius 3 is 2.76 bits per heavy atom. The monoisotopic (exact) mass is 298 g/mol. The molecule has 0 atom stereocenters. The van der Waals surface area contributed by atoms with Gasteiger partial charge < -0.3 is 20.9 Å². The van der Waals surface area contributed by atoms with Crippen LogP contribution in [0.1, 0.15) is 6.42 Å². The third-order valence-electron chi connectivity index (χ3n) is 3.33. The zero-order chi connectivity index (χ0) is 15.1. The maximum Gasteiger partial charge on any atom is 0.319 e. The van der Waals surface area contributed by atoms with Gasteiger partial charge in [-0.05, 0) is 25.1 Å². The molecule has 3 N–H and O–H groups in total. The second-order valence-electron chi connectivity index (χ2n) is 4.95. The van der Waals surface area contributed by atoms with E-state index in [0.29, 0.717) is 6.54 Å². The quantitative estimate of drug-likeness (QED) is 0.720. The molecular formula is C14H20F2N4O. The van der Waals surface area contributed by atoms with Crippen molar-refractivity contribution in [1.29, 1.82) is 0 Å². The molecule has 5 nitrogen and oxygen atoms in total. The fraction of sp³-hybridized carbons (Fsp3) is 0.500. The number of piperazine rings is 1. The summed E-state index contributed by atoms with van der Waals surface area (Å²) >= 11 is 0. The molecule has 2 rings (SSSR count). The number of anilines is 1. The fourth-order valence-electron chi connectivity index (χ4n) is 2.20. The van der Waals surface area contributed by atoms with Crippen LogP contribution in [-0.2, 0) is 0 Å². The summed E-state index contributed by atoms with van der Waals surface area (Å²) in [6.45, 7) is 5.47. The molecule has 1 aliphatic heterocycles. The van der Waals surface area contributed by atoms with Gasteiger partial charge in [0.25, 0.3) is 0 Å². The smallest absolute Gasteiger partial charge is 0.319 e. The lowest BCUT2D eigenvalue weighted by atomic mass is 10.3. The molecule has 0 unspecified atom stereocenters. The van der Waals surface area contributed by atoms with E-state index in [0.717, 1.165) is 51.3 Å². The Morgan fingerprint density at radius 1 is 1.29 bits per heavy atom. The molecular weight excluding hydrogens is 278 g/mol. The number of amides is 2. The first kappa shape index (κ1) is 15.7. The predicted octanol–water partition coefficient (Wildman–Crippen LogP) is 1.38. The van der Waals surface area contributed by atoms with Crippen molar-refractivity contribution in [2.24, 2.45) is 0 Å². The molecule has 1 saturated heterocycles. The molecule has 0 bridgehead atoms. The predicted molar refractivity (Wildman–Crippen MR) is 77.3 cm³/mol. The van der Waals surface area contributed by atoms with E-state index in [1.165, 1.54) is 6.07 Å². The first-order chi connectivity index (χ1) is 10.1. The van der Waals surface area contributed by atoms with E-state index in [1.807, 2.05) is 0 Å². The maximum atomic E-state index is 13.3. The number of rotatable bonds is 5. The van der Waals surface area contributed by atoms with Gasteiger partial charge >= 0.3 is 6.03 Å². The van der Waals surface area contributed by atoms with Crippen LogP contribution < -0.4 is 16.0 Å². The topological polar surface area (TPSA) is 56.4 Å². The molecule has 1 heterocycles. The summed E-state index contributed by atoms with van der Waals surface area (Å²) < 4.78 is 26.1. The van der Waals surface area contributed by atoms with Crippen molar-refractivity contribution >= 4 is 11.7 Å². The number of nitrogens with zero attached hydrogens (tertiary/aromatic N) is 1. The van der Waals surface area contributed by atoms with Crippen LogP contribution in [0, 0.1) is 11.6 Å². The molecule has 2 amide bonds. The molecule has 1 aromatic rings. The molecule has 1 aliphatic rings. The van der Waals surface area contributed by atoms with Crippen molar-refractivity contribution in [3.05, 3.63) is 29.8 Å². The van der Waals surface area contributed by atoms with Crippen LogP contribution in [0.25, 0.3) is 0 Å². The molecule has 116 valence electrons. The number of urea groups is 1. The van der Waals surface area contributed by atoms with E-state index in [-0.39, 0.29) is 5.69 Å². The summed E-state index contributed by atoms with van der Waals surface area (Å²) in [5, 5.41) is 8.30. The van der Waals surface area contributed by atoms with Gasteiger partial charge in [0.2, 0.25) is 0 Å². The lowest BCUT2D eigenvalue weighted by Crippen LogP contribution is -2.44. The summed E-state index contributed by atoms with van der Waals surface area (Å²) in [6, 6.07) is 2.55. The van der Waals surface area contributed by atoms with Gasteiger partial charge in [0, 0.05) is 38.8 Å². The van der Waals surface area contributed by atoms with Crippen LogP contribution >= 0.6 is 0 Å². The lowest BCUT2D eigenvalue weighted by Gasteiger charge is -2.27. The Morgan fingerprint density at radius 2 is 2.05 bits per heavy atom. The zero-order valence-corrected chi connectivity index (χ0v) is 11.8. The largest absolute Gasteiger partial charge is 0.338 e. The average Bonchev–Trinajstić information content (AvgIpc) is 2.48. The third-order valence-corrected chi connectivity index (χ3v) is 3.33. The molecule has 7 heteroatoms. The maximum absolute atomic E-state index is 13.3. The van der Waals surface area contributed by atoms with Crippen molar-refractivity contribution in [2.75, 3.05) is 44.6 Å². The van der Waals surface area contributed by atoms with Gasteiger partial charge in [0.05, 0.1) is 5.69 Å². The van der Waals surface area contributed by atoms with Gasteiger partial charge in [-0.25, -0.2) is 13.6 Å². The van der Waals surface area contributed by atoms with Crippen molar-refractivity contribution in [1.82, 2.24) is 15.5 Å². The van der Waals surface area contributed by atoms with E-state index in [9.17, 15) is 13.6 Å². The Bertz CT molecular complexity index is 478. The van der Waals surface area contributed by atoms with Gasteiger partial charge in [-0.2, -0.15) is 0 Å². The number of carbonyl (C=O) groups excluding carboxylic acids is 1. The Kier molecular flexibility index (Phi) is 5.89. The molecule has 0 aliphatic carbocycles. The van der Waals surface area contributed by atoms with Gasteiger partial charge in [0.15, 0.2) is 0 Å². The Balaban J connectivity index is 1.65. The van der Waals surface area contributed by atoms with Gasteiger partial charge in [0.1, 0.15) is 11.6 Å². The number of nitrogens with one attached hydrogen (secondary N) is 3. The van der Waals surface area contributed by atoms with Gasteiger partial charge in [-0.1, -0.05) is 0 Å². The molecule has 21 heavy (non-hydrogen) atoms. The Labute approximate surface area is 122 Å². The third kappa shape index (κ3) is 5.28. The van der Waals surface area contributed by atoms with Crippen molar-refractivity contribution in [3.8, 4) is 0 Å². The van der Waals surface area contributed by atoms with Gasteiger partial charge in [-0.15, -0.1) is 0 Å². The second kappa shape index (κ2) is 7.90. The normalized spacial score (nSPS) is 15.7. The van der Waals surface area contributed by atoms with Crippen molar-refractivity contribution in [3.63, 3.8) is 0 Å². The highest BCUT2D eigenvalue weighted by Gasteiger charge is 2.10. The molecule has 1 fully saturated rings. The number of hydrogen-bond acceptors (Lipinski definition) is 3. The van der Waals surface area contributed by atoms with Gasteiger partial charge in [-0.3, -0.25) is 0 Å². The SMILES string of the molecule is O=C(NCCCN1CCNCC1)Nc1ccc(F)cc1F. The molecule has 0 saturated carbocycles. The van der Waals surface area contributed by atoms with Crippen molar-refractivity contribution < 1.29 is 13.6 Å². The average molecular weight is 298 g/mol. The number of hydrogen-bond donors (Lipinski definition) is 3. The molecule has 0 radical (unpaired) electrons. The summed E-state index contributed by atoms with van der Waals surface area (Å²) in [6.07, 6.45) is 0.833. The van der Waals surface area contributed by atoms with Crippen LogP contribution in [0.5, 0.6) is 0 Å². The Hall–Kier alpha value is -1.73. The summed E-state index contributed by atoms with van der Waals surface area (Å²) in [4.78, 5) is 13.9. The van der Waals surface area contributed by atoms with Crippen LogP contribution in [0.4, 0.5) is 19.3 Å². The summed E-state index contributed by atoms with van der Waals surface area (Å²) in [5.41, 5.74) is -0.0315. The minimum atomic E-state index is -0.786. The van der Waals surface area contributed by atoms with E-state index < -0.39 is 17.7 Å². The fourth-order valence-corrected chi connectivity index (χ4v) is 2.20. The van der Waals surface area contributed by atoms with Crippen molar-refractivity contribution in [2.45, 2.75) is 6.42 Å². The minimum Gasteiger partial charge on any atom is -0.338 e. The summed E-state index contributed by atoms with van der Waals surface area (Å²) in [5.74, 6) is -1.46. The van der Waals surface area contributed by atoms with E-state index in [1.54, 1.807) is 0 Å². The standard InChI is InChI=1S/C14H20F2N4O/c15-11-2-3-13(12(16)10-11)19-14(21)18-4-1-7-20-8-5-17-6-9-20/h2-3,10,17H,1,4-9H2,(H2,18,19,21). The van der Waals surface area contributed by atoms with Crippen LogP contribution in [0.2, 0.25) is 0 Å². The first-order valence-electron chi connectivity index (χ1n) is 7.08. The number of carbonyl (C=O) groups is 1.